The van der Waals surface area contributed by atoms with Gasteiger partial charge in [0.05, 0.1) is 12.0 Å². The zero-order chi connectivity index (χ0) is 15.8. The molecular formula is C19H23NO2. The van der Waals surface area contributed by atoms with E-state index in [0.717, 1.165) is 17.5 Å². The second kappa shape index (κ2) is 8.35. The van der Waals surface area contributed by atoms with E-state index in [0.29, 0.717) is 6.42 Å². The molecule has 0 saturated heterocycles. The van der Waals surface area contributed by atoms with Gasteiger partial charge in [0.15, 0.2) is 0 Å². The molecule has 3 nitrogen and oxygen atoms in total. The van der Waals surface area contributed by atoms with Crippen molar-refractivity contribution in [3.63, 3.8) is 0 Å². The molecule has 0 aliphatic heterocycles. The Morgan fingerprint density at radius 1 is 1.05 bits per heavy atom. The molecule has 0 aliphatic carbocycles. The van der Waals surface area contributed by atoms with Gasteiger partial charge in [0.1, 0.15) is 0 Å². The maximum atomic E-state index is 12.3. The van der Waals surface area contributed by atoms with Crippen LogP contribution in [0.2, 0.25) is 0 Å². The van der Waals surface area contributed by atoms with Crippen molar-refractivity contribution < 1.29 is 9.90 Å². The first kappa shape index (κ1) is 16.2. The summed E-state index contributed by atoms with van der Waals surface area (Å²) in [6.07, 6.45) is 0.716. The fraction of sp³-hybridized carbons (Fsp3) is 0.316. The lowest BCUT2D eigenvalue weighted by Gasteiger charge is -2.17. The topological polar surface area (TPSA) is 49.3 Å². The summed E-state index contributed by atoms with van der Waals surface area (Å²) in [5, 5.41) is 12.9. The van der Waals surface area contributed by atoms with Crippen LogP contribution in [0.1, 0.15) is 30.4 Å². The number of amides is 1. The Labute approximate surface area is 132 Å². The molecule has 0 unspecified atom stereocenters. The Morgan fingerprint density at radius 2 is 1.64 bits per heavy atom. The van der Waals surface area contributed by atoms with Crippen LogP contribution in [0.5, 0.6) is 0 Å². The van der Waals surface area contributed by atoms with Crippen LogP contribution in [-0.2, 0) is 11.2 Å². The molecule has 2 atom stereocenters. The fourth-order valence-corrected chi connectivity index (χ4v) is 2.56. The van der Waals surface area contributed by atoms with Crippen molar-refractivity contribution >= 4 is 5.91 Å². The van der Waals surface area contributed by atoms with E-state index in [-0.39, 0.29) is 18.4 Å². The molecule has 0 aliphatic rings. The van der Waals surface area contributed by atoms with Crippen LogP contribution in [0.4, 0.5) is 0 Å². The van der Waals surface area contributed by atoms with Gasteiger partial charge in [-0.1, -0.05) is 67.6 Å². The lowest BCUT2D eigenvalue weighted by Crippen LogP contribution is -2.36. The fourth-order valence-electron chi connectivity index (χ4n) is 2.56. The molecule has 0 saturated carbocycles. The number of hydrogen-bond donors (Lipinski definition) is 2. The molecule has 0 heterocycles. The maximum absolute atomic E-state index is 12.3. The number of nitrogens with one attached hydrogen (secondary N) is 1. The summed E-state index contributed by atoms with van der Waals surface area (Å²) < 4.78 is 0. The summed E-state index contributed by atoms with van der Waals surface area (Å²) in [5.74, 6) is -0.189. The summed E-state index contributed by atoms with van der Waals surface area (Å²) >= 11 is 0. The minimum absolute atomic E-state index is 0.0270. The molecule has 0 aromatic heterocycles. The molecule has 22 heavy (non-hydrogen) atoms. The van der Waals surface area contributed by atoms with Crippen molar-refractivity contribution in [3.05, 3.63) is 71.8 Å². The predicted molar refractivity (Wildman–Crippen MR) is 88.6 cm³/mol. The average Bonchev–Trinajstić information content (AvgIpc) is 2.55. The van der Waals surface area contributed by atoms with Crippen molar-refractivity contribution in [2.75, 3.05) is 6.54 Å². The summed E-state index contributed by atoms with van der Waals surface area (Å²) in [4.78, 5) is 12.3. The third kappa shape index (κ3) is 4.71. The van der Waals surface area contributed by atoms with E-state index in [1.807, 2.05) is 67.6 Å². The molecular weight excluding hydrogens is 274 g/mol. The van der Waals surface area contributed by atoms with Crippen LogP contribution in [-0.4, -0.2) is 23.7 Å². The Kier molecular flexibility index (Phi) is 6.16. The lowest BCUT2D eigenvalue weighted by atomic mass is 9.95. The zero-order valence-electron chi connectivity index (χ0n) is 12.9. The van der Waals surface area contributed by atoms with Gasteiger partial charge in [0.2, 0.25) is 5.91 Å². The molecule has 2 aromatic rings. The molecule has 0 fully saturated rings. The molecule has 3 heteroatoms. The first-order chi connectivity index (χ1) is 10.7. The Balaban J connectivity index is 1.86. The van der Waals surface area contributed by atoms with Gasteiger partial charge < -0.3 is 10.4 Å². The van der Waals surface area contributed by atoms with Gasteiger partial charge in [-0.2, -0.15) is 0 Å². The van der Waals surface area contributed by atoms with Gasteiger partial charge in [-0.25, -0.2) is 0 Å². The number of benzene rings is 2. The molecule has 116 valence electrons. The highest BCUT2D eigenvalue weighted by Crippen LogP contribution is 2.19. The summed E-state index contributed by atoms with van der Waals surface area (Å²) in [6, 6.07) is 19.6. The van der Waals surface area contributed by atoms with Crippen molar-refractivity contribution in [2.24, 2.45) is 0 Å². The van der Waals surface area contributed by atoms with Crippen LogP contribution < -0.4 is 5.32 Å². The summed E-state index contributed by atoms with van der Waals surface area (Å²) in [7, 11) is 0. The predicted octanol–water partition coefficient (Wildman–Crippen LogP) is 2.90. The smallest absolute Gasteiger partial charge is 0.227 e. The molecule has 2 aromatic carbocycles. The Hall–Kier alpha value is -2.13. The lowest BCUT2D eigenvalue weighted by molar-refractivity contribution is -0.123. The molecule has 2 N–H and O–H groups in total. The molecule has 0 bridgehead atoms. The van der Waals surface area contributed by atoms with E-state index in [1.165, 1.54) is 0 Å². The monoisotopic (exact) mass is 297 g/mol. The van der Waals surface area contributed by atoms with Crippen LogP contribution in [0, 0.1) is 0 Å². The third-order valence-corrected chi connectivity index (χ3v) is 3.75. The summed E-state index contributed by atoms with van der Waals surface area (Å²) in [6.45, 7) is 2.27. The van der Waals surface area contributed by atoms with Crippen LogP contribution >= 0.6 is 0 Å². The number of aliphatic hydroxyl groups excluding tert-OH is 1. The Morgan fingerprint density at radius 3 is 2.23 bits per heavy atom. The minimum Gasteiger partial charge on any atom is -0.391 e. The van der Waals surface area contributed by atoms with Gasteiger partial charge in [-0.15, -0.1) is 0 Å². The second-order valence-corrected chi connectivity index (χ2v) is 5.46. The minimum atomic E-state index is -0.570. The van der Waals surface area contributed by atoms with Gasteiger partial charge >= 0.3 is 0 Å². The number of hydrogen-bond acceptors (Lipinski definition) is 2. The first-order valence-corrected chi connectivity index (χ1v) is 7.75. The summed E-state index contributed by atoms with van der Waals surface area (Å²) in [5.41, 5.74) is 2.08. The molecule has 2 rings (SSSR count). The molecule has 0 radical (unpaired) electrons. The third-order valence-electron chi connectivity index (χ3n) is 3.75. The van der Waals surface area contributed by atoms with E-state index in [4.69, 9.17) is 0 Å². The molecule has 0 spiro atoms. The van der Waals surface area contributed by atoms with Crippen LogP contribution in [0.15, 0.2) is 60.7 Å². The van der Waals surface area contributed by atoms with Gasteiger partial charge in [0, 0.05) is 13.0 Å². The van der Waals surface area contributed by atoms with Gasteiger partial charge in [-0.3, -0.25) is 4.79 Å². The quantitative estimate of drug-likeness (QED) is 0.825. The van der Waals surface area contributed by atoms with Crippen molar-refractivity contribution in [3.8, 4) is 0 Å². The number of rotatable bonds is 7. The highest BCUT2D eigenvalue weighted by Gasteiger charge is 2.18. The van der Waals surface area contributed by atoms with Crippen LogP contribution in [0.3, 0.4) is 0 Å². The SMILES string of the molecule is CC[C@H](C(=O)NC[C@H](O)Cc1ccccc1)c1ccccc1. The highest BCUT2D eigenvalue weighted by molar-refractivity contribution is 5.83. The number of carbonyl (C=O) groups excluding carboxylic acids is 1. The number of carbonyl (C=O) groups is 1. The maximum Gasteiger partial charge on any atom is 0.227 e. The van der Waals surface area contributed by atoms with Gasteiger partial charge in [-0.05, 0) is 17.5 Å². The highest BCUT2D eigenvalue weighted by atomic mass is 16.3. The largest absolute Gasteiger partial charge is 0.391 e. The van der Waals surface area contributed by atoms with Crippen LogP contribution in [0.25, 0.3) is 0 Å². The van der Waals surface area contributed by atoms with E-state index >= 15 is 0 Å². The standard InChI is InChI=1S/C19H23NO2/c1-2-18(16-11-7-4-8-12-16)19(22)20-14-17(21)13-15-9-5-3-6-10-15/h3-12,17-18,21H,2,13-14H2,1H3,(H,20,22)/t17-,18+/m1/s1. The van der Waals surface area contributed by atoms with E-state index in [1.54, 1.807) is 0 Å². The second-order valence-electron chi connectivity index (χ2n) is 5.46. The first-order valence-electron chi connectivity index (χ1n) is 7.75. The van der Waals surface area contributed by atoms with E-state index in [2.05, 4.69) is 5.32 Å². The van der Waals surface area contributed by atoms with E-state index < -0.39 is 6.10 Å². The zero-order valence-corrected chi connectivity index (χ0v) is 12.9. The van der Waals surface area contributed by atoms with Crippen molar-refractivity contribution in [2.45, 2.75) is 31.8 Å². The molecule has 1 amide bonds. The normalized spacial score (nSPS) is 13.4. The average molecular weight is 297 g/mol. The van der Waals surface area contributed by atoms with Gasteiger partial charge in [0.25, 0.3) is 0 Å². The van der Waals surface area contributed by atoms with E-state index in [9.17, 15) is 9.90 Å². The Bertz CT molecular complexity index is 569. The number of aliphatic hydroxyl groups is 1. The van der Waals surface area contributed by atoms with Crippen molar-refractivity contribution in [1.29, 1.82) is 0 Å². The van der Waals surface area contributed by atoms with Crippen molar-refractivity contribution in [1.82, 2.24) is 5.32 Å².